The van der Waals surface area contributed by atoms with Crippen LogP contribution in [0.2, 0.25) is 0 Å². The number of hydrogen-bond donors (Lipinski definition) is 0. The predicted molar refractivity (Wildman–Crippen MR) is 58.1 cm³/mol. The van der Waals surface area contributed by atoms with E-state index in [0.29, 0.717) is 5.57 Å². The number of ketones is 1. The van der Waals surface area contributed by atoms with Gasteiger partial charge in [-0.2, -0.15) is 0 Å². The maximum absolute atomic E-state index is 11.8. The Morgan fingerprint density at radius 2 is 1.50 bits per heavy atom. The maximum Gasteiger partial charge on any atom is 0.194 e. The smallest absolute Gasteiger partial charge is 0.194 e. The third-order valence-electron chi connectivity index (χ3n) is 2.40. The van der Waals surface area contributed by atoms with Crippen LogP contribution in [0.1, 0.15) is 15.9 Å². The SMILES string of the molecule is C=CC1=C(C=C)c2ccccc2C1=O. The molecule has 1 aliphatic carbocycles. The summed E-state index contributed by atoms with van der Waals surface area (Å²) in [6, 6.07) is 7.55. The van der Waals surface area contributed by atoms with Gasteiger partial charge in [0, 0.05) is 11.1 Å². The van der Waals surface area contributed by atoms with Gasteiger partial charge in [0.25, 0.3) is 0 Å². The van der Waals surface area contributed by atoms with Crippen LogP contribution in [0.3, 0.4) is 0 Å². The Hall–Kier alpha value is -1.89. The average Bonchev–Trinajstić information content (AvgIpc) is 2.51. The van der Waals surface area contributed by atoms with E-state index in [-0.39, 0.29) is 5.78 Å². The Bertz CT molecular complexity index is 464. The molecule has 1 nitrogen and oxygen atoms in total. The van der Waals surface area contributed by atoms with Crippen molar-refractivity contribution in [3.63, 3.8) is 0 Å². The molecule has 0 heterocycles. The highest BCUT2D eigenvalue weighted by molar-refractivity contribution is 6.23. The van der Waals surface area contributed by atoms with Crippen molar-refractivity contribution in [2.45, 2.75) is 0 Å². The normalized spacial score (nSPS) is 14.1. The zero-order valence-electron chi connectivity index (χ0n) is 7.79. The number of rotatable bonds is 2. The zero-order chi connectivity index (χ0) is 10.1. The Morgan fingerprint density at radius 1 is 0.929 bits per heavy atom. The van der Waals surface area contributed by atoms with Crippen molar-refractivity contribution in [3.05, 3.63) is 66.3 Å². The van der Waals surface area contributed by atoms with Crippen LogP contribution in [0, 0.1) is 0 Å². The number of carbonyl (C=O) groups is 1. The van der Waals surface area contributed by atoms with Gasteiger partial charge in [-0.05, 0) is 11.1 Å². The van der Waals surface area contributed by atoms with Gasteiger partial charge in [-0.3, -0.25) is 4.79 Å². The molecule has 0 fully saturated rings. The van der Waals surface area contributed by atoms with Gasteiger partial charge in [-0.15, -0.1) is 0 Å². The van der Waals surface area contributed by atoms with Crippen LogP contribution in [-0.4, -0.2) is 5.78 Å². The number of fused-ring (bicyclic) bond motifs is 1. The Balaban J connectivity index is 2.75. The molecule has 0 saturated carbocycles. The third kappa shape index (κ3) is 0.990. The first kappa shape index (κ1) is 8.70. The van der Waals surface area contributed by atoms with E-state index in [2.05, 4.69) is 13.2 Å². The average molecular weight is 182 g/mol. The van der Waals surface area contributed by atoms with Crippen LogP contribution in [0.25, 0.3) is 5.57 Å². The number of carbonyl (C=O) groups excluding carboxylic acids is 1. The molecule has 0 aromatic heterocycles. The van der Waals surface area contributed by atoms with Crippen LogP contribution < -0.4 is 0 Å². The summed E-state index contributed by atoms with van der Waals surface area (Å²) >= 11 is 0. The van der Waals surface area contributed by atoms with E-state index >= 15 is 0 Å². The first-order chi connectivity index (χ1) is 6.79. The van der Waals surface area contributed by atoms with Gasteiger partial charge >= 0.3 is 0 Å². The molecule has 0 radical (unpaired) electrons. The molecule has 68 valence electrons. The maximum atomic E-state index is 11.8. The van der Waals surface area contributed by atoms with Crippen molar-refractivity contribution in [1.82, 2.24) is 0 Å². The largest absolute Gasteiger partial charge is 0.289 e. The van der Waals surface area contributed by atoms with Gasteiger partial charge in [-0.25, -0.2) is 0 Å². The van der Waals surface area contributed by atoms with Gasteiger partial charge in [0.2, 0.25) is 0 Å². The topological polar surface area (TPSA) is 17.1 Å². The predicted octanol–water partition coefficient (Wildman–Crippen LogP) is 3.01. The molecule has 0 aliphatic heterocycles. The van der Waals surface area contributed by atoms with Crippen molar-refractivity contribution < 1.29 is 4.79 Å². The lowest BCUT2D eigenvalue weighted by molar-refractivity contribution is 0.104. The first-order valence-electron chi connectivity index (χ1n) is 4.43. The van der Waals surface area contributed by atoms with Gasteiger partial charge in [0.1, 0.15) is 0 Å². The van der Waals surface area contributed by atoms with E-state index in [0.717, 1.165) is 16.7 Å². The number of benzene rings is 1. The molecular weight excluding hydrogens is 172 g/mol. The van der Waals surface area contributed by atoms with E-state index in [1.165, 1.54) is 0 Å². The highest BCUT2D eigenvalue weighted by Gasteiger charge is 2.25. The van der Waals surface area contributed by atoms with Crippen LogP contribution in [0.4, 0.5) is 0 Å². The van der Waals surface area contributed by atoms with Crippen LogP contribution in [0.5, 0.6) is 0 Å². The second-order valence-corrected chi connectivity index (χ2v) is 3.11. The van der Waals surface area contributed by atoms with E-state index in [1.807, 2.05) is 24.3 Å². The molecule has 0 N–H and O–H groups in total. The van der Waals surface area contributed by atoms with Crippen LogP contribution in [0.15, 0.2) is 55.1 Å². The molecule has 1 aromatic carbocycles. The number of Topliss-reactive ketones (excluding diaryl/α,β-unsaturated/α-hetero) is 1. The molecule has 0 atom stereocenters. The summed E-state index contributed by atoms with van der Waals surface area (Å²) in [7, 11) is 0. The highest BCUT2D eigenvalue weighted by atomic mass is 16.1. The molecule has 1 aromatic rings. The Labute approximate surface area is 83.1 Å². The van der Waals surface area contributed by atoms with Gasteiger partial charge < -0.3 is 0 Å². The second kappa shape index (κ2) is 3.11. The molecule has 0 bridgehead atoms. The van der Waals surface area contributed by atoms with E-state index < -0.39 is 0 Å². The lowest BCUT2D eigenvalue weighted by Crippen LogP contribution is -1.95. The molecule has 14 heavy (non-hydrogen) atoms. The quantitative estimate of drug-likeness (QED) is 0.687. The summed E-state index contributed by atoms with van der Waals surface area (Å²) in [4.78, 5) is 11.8. The van der Waals surface area contributed by atoms with Crippen molar-refractivity contribution in [3.8, 4) is 0 Å². The summed E-state index contributed by atoms with van der Waals surface area (Å²) in [5.41, 5.74) is 3.25. The second-order valence-electron chi connectivity index (χ2n) is 3.11. The summed E-state index contributed by atoms with van der Waals surface area (Å²) in [5.74, 6) is 0.0468. The van der Waals surface area contributed by atoms with Gasteiger partial charge in [0.05, 0.1) is 0 Å². The molecule has 0 spiro atoms. The summed E-state index contributed by atoms with van der Waals surface area (Å²) in [5, 5.41) is 0. The van der Waals surface area contributed by atoms with Crippen molar-refractivity contribution in [2.75, 3.05) is 0 Å². The Morgan fingerprint density at radius 3 is 2.07 bits per heavy atom. The summed E-state index contributed by atoms with van der Waals surface area (Å²) in [6.45, 7) is 7.36. The molecule has 0 saturated heterocycles. The lowest BCUT2D eigenvalue weighted by Gasteiger charge is -1.97. The molecule has 0 unspecified atom stereocenters. The van der Waals surface area contributed by atoms with Gasteiger partial charge in [0.15, 0.2) is 5.78 Å². The zero-order valence-corrected chi connectivity index (χ0v) is 7.79. The Kier molecular flexibility index (Phi) is 1.93. The summed E-state index contributed by atoms with van der Waals surface area (Å²) in [6.07, 6.45) is 3.31. The van der Waals surface area contributed by atoms with Crippen molar-refractivity contribution in [2.24, 2.45) is 0 Å². The molecule has 2 rings (SSSR count). The minimum atomic E-state index is 0.0468. The minimum Gasteiger partial charge on any atom is -0.289 e. The molecular formula is C13H10O. The number of hydrogen-bond acceptors (Lipinski definition) is 1. The van der Waals surface area contributed by atoms with Crippen molar-refractivity contribution in [1.29, 1.82) is 0 Å². The minimum absolute atomic E-state index is 0.0468. The standard InChI is InChI=1S/C13H10O/c1-3-9-10(4-2)13(14)12-8-6-5-7-11(9)12/h3-8H,1-2H2. The van der Waals surface area contributed by atoms with Crippen LogP contribution in [-0.2, 0) is 0 Å². The fraction of sp³-hybridized carbons (Fsp3) is 0. The van der Waals surface area contributed by atoms with E-state index in [4.69, 9.17) is 0 Å². The van der Waals surface area contributed by atoms with E-state index in [1.54, 1.807) is 12.2 Å². The van der Waals surface area contributed by atoms with Crippen molar-refractivity contribution >= 4 is 11.4 Å². The summed E-state index contributed by atoms with van der Waals surface area (Å²) < 4.78 is 0. The lowest BCUT2D eigenvalue weighted by atomic mass is 10.1. The van der Waals surface area contributed by atoms with E-state index in [9.17, 15) is 4.79 Å². The highest BCUT2D eigenvalue weighted by Crippen LogP contribution is 2.33. The number of allylic oxidation sites excluding steroid dienone is 4. The molecule has 1 aliphatic rings. The fourth-order valence-electron chi connectivity index (χ4n) is 1.75. The third-order valence-corrected chi connectivity index (χ3v) is 2.40. The van der Waals surface area contributed by atoms with Crippen LogP contribution >= 0.6 is 0 Å². The first-order valence-corrected chi connectivity index (χ1v) is 4.43. The monoisotopic (exact) mass is 182 g/mol. The van der Waals surface area contributed by atoms with Gasteiger partial charge in [-0.1, -0.05) is 49.6 Å². The molecule has 1 heteroatoms. The molecule has 0 amide bonds. The fourth-order valence-corrected chi connectivity index (χ4v) is 1.75.